The number of rotatable bonds is 10. The summed E-state index contributed by atoms with van der Waals surface area (Å²) in [7, 11) is -0.000862. The predicted molar refractivity (Wildman–Crippen MR) is 146 cm³/mol. The first-order valence-electron chi connectivity index (χ1n) is 11.8. The maximum absolute atomic E-state index is 13.7. The molecule has 0 heterocycles. The molecule has 0 atom stereocenters. The van der Waals surface area contributed by atoms with Crippen LogP contribution in [0.15, 0.2) is 76.7 Å². The monoisotopic (exact) mass is 506 g/mol. The summed E-state index contributed by atoms with van der Waals surface area (Å²) in [6, 6.07) is 21.0. The van der Waals surface area contributed by atoms with Crippen LogP contribution < -0.4 is 10.3 Å². The van der Waals surface area contributed by atoms with E-state index in [2.05, 4.69) is 10.5 Å². The van der Waals surface area contributed by atoms with Gasteiger partial charge in [0.05, 0.1) is 17.7 Å². The van der Waals surface area contributed by atoms with Crippen LogP contribution in [0.1, 0.15) is 27.8 Å². The summed E-state index contributed by atoms with van der Waals surface area (Å²) in [6.07, 6.45) is 2.02. The summed E-state index contributed by atoms with van der Waals surface area (Å²) in [5, 5.41) is 4.03. The van der Waals surface area contributed by atoms with Crippen LogP contribution >= 0.6 is 0 Å². The number of benzene rings is 3. The minimum Gasteiger partial charge on any atom is -0.378 e. The fraction of sp³-hybridized carbons (Fsp3) is 0.286. The Balaban J connectivity index is 1.78. The Kier molecular flexibility index (Phi) is 9.01. The molecule has 0 radical (unpaired) electrons. The molecule has 1 N–H and O–H groups in total. The van der Waals surface area contributed by atoms with Gasteiger partial charge in [-0.05, 0) is 61.6 Å². The Morgan fingerprint density at radius 2 is 1.56 bits per heavy atom. The lowest BCUT2D eigenvalue weighted by molar-refractivity contribution is -0.121. The molecule has 0 fully saturated rings. The minimum atomic E-state index is -3.92. The molecule has 0 aliphatic rings. The smallest absolute Gasteiger partial charge is 0.255 e. The summed E-state index contributed by atoms with van der Waals surface area (Å²) < 4.78 is 28.7. The van der Waals surface area contributed by atoms with Gasteiger partial charge in [0.2, 0.25) is 10.0 Å². The topological polar surface area (TPSA) is 82.1 Å². The summed E-state index contributed by atoms with van der Waals surface area (Å²) in [6.45, 7) is 5.34. The fourth-order valence-corrected chi connectivity index (χ4v) is 5.93. The van der Waals surface area contributed by atoms with E-state index in [-0.39, 0.29) is 18.0 Å². The molecule has 0 spiro atoms. The van der Waals surface area contributed by atoms with E-state index in [0.29, 0.717) is 17.5 Å². The first kappa shape index (κ1) is 27.1. The molecule has 0 saturated heterocycles. The Morgan fingerprint density at radius 1 is 0.944 bits per heavy atom. The van der Waals surface area contributed by atoms with Crippen molar-refractivity contribution in [3.05, 3.63) is 94.5 Å². The number of carbonyl (C=O) groups is 1. The summed E-state index contributed by atoms with van der Waals surface area (Å²) in [5.41, 5.74) is 7.66. The summed E-state index contributed by atoms with van der Waals surface area (Å²) >= 11 is 0. The van der Waals surface area contributed by atoms with Crippen molar-refractivity contribution in [3.8, 4) is 0 Å². The van der Waals surface area contributed by atoms with Gasteiger partial charge in [-0.1, -0.05) is 60.2 Å². The minimum absolute atomic E-state index is 0.169. The molecule has 8 heteroatoms. The molecule has 0 saturated carbocycles. The number of anilines is 1. The molecular formula is C28H34N4O3S. The Morgan fingerprint density at radius 3 is 2.14 bits per heavy atom. The number of hydrogen-bond acceptors (Lipinski definition) is 5. The molecule has 36 heavy (non-hydrogen) atoms. The molecule has 0 aromatic heterocycles. The highest BCUT2D eigenvalue weighted by Gasteiger charge is 2.29. The van der Waals surface area contributed by atoms with Gasteiger partial charge < -0.3 is 4.90 Å². The number of aryl methyl sites for hydroxylation is 3. The van der Waals surface area contributed by atoms with Crippen molar-refractivity contribution in [2.45, 2.75) is 32.1 Å². The van der Waals surface area contributed by atoms with E-state index in [1.165, 1.54) is 10.5 Å². The Bertz CT molecular complexity index is 1300. The molecule has 7 nitrogen and oxygen atoms in total. The van der Waals surface area contributed by atoms with Crippen LogP contribution in [0.5, 0.6) is 0 Å². The second-order valence-corrected chi connectivity index (χ2v) is 11.0. The number of nitrogens with zero attached hydrogens (tertiary/aromatic N) is 3. The second-order valence-electron chi connectivity index (χ2n) is 9.08. The van der Waals surface area contributed by atoms with Crippen molar-refractivity contribution < 1.29 is 13.2 Å². The molecule has 1 amide bonds. The zero-order valence-corrected chi connectivity index (χ0v) is 22.3. The van der Waals surface area contributed by atoms with E-state index in [4.69, 9.17) is 0 Å². The predicted octanol–water partition coefficient (Wildman–Crippen LogP) is 4.06. The van der Waals surface area contributed by atoms with Crippen LogP contribution in [0.2, 0.25) is 0 Å². The van der Waals surface area contributed by atoms with E-state index >= 15 is 0 Å². The van der Waals surface area contributed by atoms with Crippen LogP contribution in [0.25, 0.3) is 0 Å². The van der Waals surface area contributed by atoms with Crippen LogP contribution in [-0.4, -0.2) is 52.0 Å². The molecule has 3 aromatic carbocycles. The standard InChI is InChI=1S/C28H34N4O3S/c1-21-17-22(2)28(23(3)18-21)36(34,35)32(16-15-24-9-7-6-8-10-24)20-27(33)30-29-19-25-11-13-26(14-12-25)31(4)5/h6-14,17-19H,15-16,20H2,1-5H3,(H,30,33)/b29-19+. The summed E-state index contributed by atoms with van der Waals surface area (Å²) in [5.74, 6) is -0.504. The highest BCUT2D eigenvalue weighted by Crippen LogP contribution is 2.25. The van der Waals surface area contributed by atoms with Gasteiger partial charge in [0.1, 0.15) is 0 Å². The zero-order chi connectivity index (χ0) is 26.3. The van der Waals surface area contributed by atoms with Crippen molar-refractivity contribution in [2.75, 3.05) is 32.1 Å². The van der Waals surface area contributed by atoms with Crippen molar-refractivity contribution >= 4 is 27.8 Å². The summed E-state index contributed by atoms with van der Waals surface area (Å²) in [4.78, 5) is 15.0. The Labute approximate surface area is 214 Å². The molecule has 0 bridgehead atoms. The van der Waals surface area contributed by atoms with E-state index in [9.17, 15) is 13.2 Å². The number of hydrazone groups is 1. The SMILES string of the molecule is Cc1cc(C)c(S(=O)(=O)N(CCc2ccccc2)CC(=O)N/N=C/c2ccc(N(C)C)cc2)c(C)c1. The van der Waals surface area contributed by atoms with Gasteiger partial charge in [-0.3, -0.25) is 4.79 Å². The maximum Gasteiger partial charge on any atom is 0.255 e. The van der Waals surface area contributed by atoms with Crippen molar-refractivity contribution in [3.63, 3.8) is 0 Å². The number of carbonyl (C=O) groups excluding carboxylic acids is 1. The first-order chi connectivity index (χ1) is 17.1. The normalized spacial score (nSPS) is 11.7. The Hall–Kier alpha value is -3.49. The van der Waals surface area contributed by atoms with Gasteiger partial charge in [-0.2, -0.15) is 9.41 Å². The highest BCUT2D eigenvalue weighted by atomic mass is 32.2. The molecule has 190 valence electrons. The average Bonchev–Trinajstić information content (AvgIpc) is 2.81. The number of hydrogen-bond donors (Lipinski definition) is 1. The molecule has 3 aromatic rings. The first-order valence-corrected chi connectivity index (χ1v) is 13.2. The van der Waals surface area contributed by atoms with E-state index < -0.39 is 15.9 Å². The lowest BCUT2D eigenvalue weighted by Crippen LogP contribution is -2.41. The third-order valence-corrected chi connectivity index (χ3v) is 7.98. The number of amides is 1. The third-order valence-electron chi connectivity index (χ3n) is 5.83. The molecule has 0 aliphatic heterocycles. The van der Waals surface area contributed by atoms with E-state index in [1.54, 1.807) is 13.8 Å². The number of nitrogens with one attached hydrogen (secondary N) is 1. The van der Waals surface area contributed by atoms with Crippen molar-refractivity contribution in [1.82, 2.24) is 9.73 Å². The van der Waals surface area contributed by atoms with Gasteiger partial charge in [-0.15, -0.1) is 0 Å². The van der Waals surface area contributed by atoms with Gasteiger partial charge in [-0.25, -0.2) is 13.8 Å². The molecular weight excluding hydrogens is 472 g/mol. The fourth-order valence-electron chi connectivity index (χ4n) is 4.12. The van der Waals surface area contributed by atoms with Crippen molar-refractivity contribution in [1.29, 1.82) is 0 Å². The van der Waals surface area contributed by atoms with Gasteiger partial charge in [0.15, 0.2) is 0 Å². The van der Waals surface area contributed by atoms with Gasteiger partial charge in [0.25, 0.3) is 5.91 Å². The molecule has 0 aliphatic carbocycles. The lowest BCUT2D eigenvalue weighted by atomic mass is 10.1. The lowest BCUT2D eigenvalue weighted by Gasteiger charge is -2.24. The van der Waals surface area contributed by atoms with Gasteiger partial charge in [0, 0.05) is 26.3 Å². The maximum atomic E-state index is 13.7. The van der Waals surface area contributed by atoms with Crippen LogP contribution in [0, 0.1) is 20.8 Å². The third kappa shape index (κ3) is 7.02. The van der Waals surface area contributed by atoms with Crippen LogP contribution in [-0.2, 0) is 21.2 Å². The highest BCUT2D eigenvalue weighted by molar-refractivity contribution is 7.89. The van der Waals surface area contributed by atoms with E-state index in [0.717, 1.165) is 22.4 Å². The van der Waals surface area contributed by atoms with Crippen molar-refractivity contribution in [2.24, 2.45) is 5.10 Å². The zero-order valence-electron chi connectivity index (χ0n) is 21.5. The van der Waals surface area contributed by atoms with Gasteiger partial charge >= 0.3 is 0 Å². The van der Waals surface area contributed by atoms with E-state index in [1.807, 2.05) is 92.6 Å². The largest absolute Gasteiger partial charge is 0.378 e. The average molecular weight is 507 g/mol. The quantitative estimate of drug-likeness (QED) is 0.332. The second kappa shape index (κ2) is 12.0. The molecule has 0 unspecified atom stereocenters. The van der Waals surface area contributed by atoms with Crippen LogP contribution in [0.4, 0.5) is 5.69 Å². The van der Waals surface area contributed by atoms with Crippen LogP contribution in [0.3, 0.4) is 0 Å². The number of sulfonamides is 1. The molecule has 3 rings (SSSR count).